The summed E-state index contributed by atoms with van der Waals surface area (Å²) in [5, 5.41) is 3.53. The second kappa shape index (κ2) is 6.03. The molecule has 0 aromatic heterocycles. The molecule has 0 bridgehead atoms. The van der Waals surface area contributed by atoms with Crippen molar-refractivity contribution in [3.63, 3.8) is 0 Å². The molecule has 0 amide bonds. The molecule has 0 spiro atoms. The van der Waals surface area contributed by atoms with Crippen LogP contribution in [0.5, 0.6) is 0 Å². The van der Waals surface area contributed by atoms with E-state index in [1.807, 2.05) is 12.1 Å². The molecule has 0 aliphatic heterocycles. The molecule has 1 aliphatic carbocycles. The highest BCUT2D eigenvalue weighted by Gasteiger charge is 2.25. The Morgan fingerprint density at radius 3 is 2.53 bits per heavy atom. The van der Waals surface area contributed by atoms with E-state index in [2.05, 4.69) is 5.32 Å². The molecule has 4 nitrogen and oxygen atoms in total. The van der Waals surface area contributed by atoms with Crippen molar-refractivity contribution in [2.45, 2.75) is 36.7 Å². The Hall–Kier alpha value is -0.910. The Balaban J connectivity index is 1.93. The van der Waals surface area contributed by atoms with Crippen LogP contribution in [0.4, 0.5) is 0 Å². The van der Waals surface area contributed by atoms with Crippen molar-refractivity contribution in [1.82, 2.24) is 5.32 Å². The molecule has 1 saturated carbocycles. The molecule has 1 aromatic rings. The molecule has 2 atom stereocenters. The van der Waals surface area contributed by atoms with Gasteiger partial charge in [0.1, 0.15) is 0 Å². The lowest BCUT2D eigenvalue weighted by Crippen LogP contribution is -2.35. The van der Waals surface area contributed by atoms with E-state index in [4.69, 9.17) is 5.73 Å². The third kappa shape index (κ3) is 3.78. The smallest absolute Gasteiger partial charge is 0.175 e. The number of rotatable bonds is 5. The van der Waals surface area contributed by atoms with Gasteiger partial charge in [0.2, 0.25) is 0 Å². The van der Waals surface area contributed by atoms with E-state index < -0.39 is 9.84 Å². The fourth-order valence-electron chi connectivity index (χ4n) is 2.69. The number of benzene rings is 1. The third-order valence-electron chi connectivity index (χ3n) is 3.88. The first-order valence-electron chi connectivity index (χ1n) is 6.73. The minimum atomic E-state index is -3.10. The number of nitrogens with two attached hydrogens (primary N) is 1. The van der Waals surface area contributed by atoms with E-state index >= 15 is 0 Å². The van der Waals surface area contributed by atoms with Crippen LogP contribution in [0.25, 0.3) is 0 Å². The monoisotopic (exact) mass is 282 g/mol. The van der Waals surface area contributed by atoms with Crippen LogP contribution in [0, 0.1) is 5.92 Å². The highest BCUT2D eigenvalue weighted by molar-refractivity contribution is 7.90. The van der Waals surface area contributed by atoms with Crippen LogP contribution in [-0.4, -0.2) is 27.3 Å². The van der Waals surface area contributed by atoms with Crippen LogP contribution < -0.4 is 11.1 Å². The van der Waals surface area contributed by atoms with E-state index in [1.54, 1.807) is 12.1 Å². The minimum Gasteiger partial charge on any atom is -0.330 e. The number of nitrogens with one attached hydrogen (secondary N) is 1. The fraction of sp³-hybridized carbons (Fsp3) is 0.571. The molecular formula is C14H22N2O2S. The first-order valence-corrected chi connectivity index (χ1v) is 8.62. The zero-order valence-electron chi connectivity index (χ0n) is 11.3. The molecule has 1 aromatic carbocycles. The second-order valence-corrected chi connectivity index (χ2v) is 7.35. The van der Waals surface area contributed by atoms with Crippen molar-refractivity contribution in [2.75, 3.05) is 12.8 Å². The molecule has 0 radical (unpaired) electrons. The molecule has 19 heavy (non-hydrogen) atoms. The standard InChI is InChI=1S/C14H22N2O2S/c1-19(17,18)13-7-5-11(6-8-13)10-16-14-4-2-3-12(14)9-15/h5-8,12,14,16H,2-4,9-10,15H2,1H3. The average Bonchev–Trinajstić information content (AvgIpc) is 2.83. The maximum atomic E-state index is 11.4. The van der Waals surface area contributed by atoms with Crippen LogP contribution in [-0.2, 0) is 16.4 Å². The van der Waals surface area contributed by atoms with Gasteiger partial charge in [0, 0.05) is 18.8 Å². The summed E-state index contributed by atoms with van der Waals surface area (Å²) in [4.78, 5) is 0.372. The van der Waals surface area contributed by atoms with Gasteiger partial charge >= 0.3 is 0 Å². The second-order valence-electron chi connectivity index (χ2n) is 5.33. The van der Waals surface area contributed by atoms with Gasteiger partial charge in [-0.05, 0) is 43.0 Å². The van der Waals surface area contributed by atoms with Gasteiger partial charge in [0.05, 0.1) is 4.90 Å². The third-order valence-corrected chi connectivity index (χ3v) is 5.01. The van der Waals surface area contributed by atoms with E-state index in [0.29, 0.717) is 16.9 Å². The summed E-state index contributed by atoms with van der Waals surface area (Å²) in [7, 11) is -3.10. The fourth-order valence-corrected chi connectivity index (χ4v) is 3.32. The van der Waals surface area contributed by atoms with Crippen molar-refractivity contribution in [1.29, 1.82) is 0 Å². The largest absolute Gasteiger partial charge is 0.330 e. The van der Waals surface area contributed by atoms with Crippen molar-refractivity contribution >= 4 is 9.84 Å². The molecule has 1 fully saturated rings. The van der Waals surface area contributed by atoms with Crippen molar-refractivity contribution < 1.29 is 8.42 Å². The van der Waals surface area contributed by atoms with Crippen LogP contribution >= 0.6 is 0 Å². The molecule has 5 heteroatoms. The molecule has 106 valence electrons. The number of sulfone groups is 1. The zero-order chi connectivity index (χ0) is 13.9. The van der Waals surface area contributed by atoms with E-state index in [9.17, 15) is 8.42 Å². The van der Waals surface area contributed by atoms with Gasteiger partial charge in [-0.15, -0.1) is 0 Å². The zero-order valence-corrected chi connectivity index (χ0v) is 12.1. The topological polar surface area (TPSA) is 72.2 Å². The summed E-state index contributed by atoms with van der Waals surface area (Å²) in [6, 6.07) is 7.58. The number of hydrogen-bond donors (Lipinski definition) is 2. The predicted octanol–water partition coefficient (Wildman–Crippen LogP) is 1.31. The number of hydrogen-bond acceptors (Lipinski definition) is 4. The summed E-state index contributed by atoms with van der Waals surface area (Å²) in [5.41, 5.74) is 6.86. The van der Waals surface area contributed by atoms with E-state index in [-0.39, 0.29) is 0 Å². The maximum absolute atomic E-state index is 11.4. The van der Waals surface area contributed by atoms with Crippen LogP contribution in [0.15, 0.2) is 29.2 Å². The van der Waals surface area contributed by atoms with Crippen LogP contribution in [0.2, 0.25) is 0 Å². The SMILES string of the molecule is CS(=O)(=O)c1ccc(CNC2CCCC2CN)cc1. The highest BCUT2D eigenvalue weighted by Crippen LogP contribution is 2.24. The van der Waals surface area contributed by atoms with Gasteiger partial charge in [-0.3, -0.25) is 0 Å². The van der Waals surface area contributed by atoms with Gasteiger partial charge in [-0.1, -0.05) is 18.6 Å². The Morgan fingerprint density at radius 2 is 1.95 bits per heavy atom. The molecule has 2 rings (SSSR count). The molecule has 0 saturated heterocycles. The summed E-state index contributed by atoms with van der Waals surface area (Å²) < 4.78 is 22.7. The Morgan fingerprint density at radius 1 is 1.26 bits per heavy atom. The summed E-state index contributed by atoms with van der Waals surface area (Å²) in [6.07, 6.45) is 4.86. The molecular weight excluding hydrogens is 260 g/mol. The van der Waals surface area contributed by atoms with Gasteiger partial charge in [0.25, 0.3) is 0 Å². The maximum Gasteiger partial charge on any atom is 0.175 e. The van der Waals surface area contributed by atoms with Gasteiger partial charge in [0.15, 0.2) is 9.84 Å². The quantitative estimate of drug-likeness (QED) is 0.854. The summed E-state index contributed by atoms with van der Waals surface area (Å²) >= 11 is 0. The van der Waals surface area contributed by atoms with Crippen molar-refractivity contribution in [3.8, 4) is 0 Å². The van der Waals surface area contributed by atoms with Crippen LogP contribution in [0.3, 0.4) is 0 Å². The Kier molecular flexibility index (Phi) is 4.60. The Bertz CT molecular complexity index is 511. The average molecular weight is 282 g/mol. The first kappa shape index (κ1) is 14.5. The minimum absolute atomic E-state index is 0.372. The molecule has 1 aliphatic rings. The van der Waals surface area contributed by atoms with Gasteiger partial charge in [-0.25, -0.2) is 8.42 Å². The molecule has 3 N–H and O–H groups in total. The summed E-state index contributed by atoms with van der Waals surface area (Å²) in [5.74, 6) is 0.579. The lowest BCUT2D eigenvalue weighted by atomic mass is 10.0. The van der Waals surface area contributed by atoms with Gasteiger partial charge < -0.3 is 11.1 Å². The van der Waals surface area contributed by atoms with Gasteiger partial charge in [-0.2, -0.15) is 0 Å². The molecule has 0 heterocycles. The lowest BCUT2D eigenvalue weighted by Gasteiger charge is -2.19. The van der Waals surface area contributed by atoms with E-state index in [1.165, 1.54) is 25.5 Å². The first-order chi connectivity index (χ1) is 9.00. The Labute approximate surface area is 115 Å². The molecule has 2 unspecified atom stereocenters. The normalized spacial score (nSPS) is 23.7. The van der Waals surface area contributed by atoms with E-state index in [0.717, 1.165) is 18.7 Å². The summed E-state index contributed by atoms with van der Waals surface area (Å²) in [6.45, 7) is 1.51. The predicted molar refractivity (Wildman–Crippen MR) is 76.6 cm³/mol. The highest BCUT2D eigenvalue weighted by atomic mass is 32.2. The van der Waals surface area contributed by atoms with Crippen molar-refractivity contribution in [2.24, 2.45) is 11.7 Å². The lowest BCUT2D eigenvalue weighted by molar-refractivity contribution is 0.406. The van der Waals surface area contributed by atoms with Crippen LogP contribution in [0.1, 0.15) is 24.8 Å². The van der Waals surface area contributed by atoms with Crippen molar-refractivity contribution in [3.05, 3.63) is 29.8 Å².